The molecule has 2 amide bonds. The van der Waals surface area contributed by atoms with Crippen LogP contribution in [0.15, 0.2) is 5.38 Å². The summed E-state index contributed by atoms with van der Waals surface area (Å²) in [6, 6.07) is -0.160. The number of hydrogen-bond acceptors (Lipinski definition) is 4. The molecule has 0 spiro atoms. The fourth-order valence-corrected chi connectivity index (χ4v) is 2.87. The molecule has 0 fully saturated rings. The van der Waals surface area contributed by atoms with Crippen molar-refractivity contribution in [2.24, 2.45) is 5.92 Å². The highest BCUT2D eigenvalue weighted by molar-refractivity contribution is 7.09. The van der Waals surface area contributed by atoms with Crippen molar-refractivity contribution in [1.29, 1.82) is 0 Å². The average molecular weight is 313 g/mol. The molecule has 1 aromatic rings. The summed E-state index contributed by atoms with van der Waals surface area (Å²) in [6.07, 6.45) is 1.11. The van der Waals surface area contributed by atoms with Crippen LogP contribution >= 0.6 is 11.3 Å². The number of aliphatic hydroxyl groups is 1. The average Bonchev–Trinajstić information content (AvgIpc) is 2.84. The van der Waals surface area contributed by atoms with Gasteiger partial charge in [0.2, 0.25) is 0 Å². The standard InChI is InChI=1S/C15H27N3O2S/c1-10(2)14-18-13(9-21-14)5-6-16-15(20)17-8-11(3)7-12(4)19/h9-12,19H,5-8H2,1-4H3,(H2,16,17,20). The van der Waals surface area contributed by atoms with E-state index >= 15 is 0 Å². The second kappa shape index (κ2) is 9.00. The Labute approximate surface area is 131 Å². The van der Waals surface area contributed by atoms with Crippen molar-refractivity contribution >= 4 is 17.4 Å². The molecule has 0 aliphatic rings. The monoisotopic (exact) mass is 313 g/mol. The first-order valence-electron chi connectivity index (χ1n) is 7.52. The summed E-state index contributed by atoms with van der Waals surface area (Å²) in [5, 5.41) is 18.1. The Kier molecular flexibility index (Phi) is 7.67. The maximum Gasteiger partial charge on any atom is 0.314 e. The highest BCUT2D eigenvalue weighted by atomic mass is 32.1. The molecule has 3 N–H and O–H groups in total. The number of thiazole rings is 1. The van der Waals surface area contributed by atoms with Gasteiger partial charge in [0, 0.05) is 30.8 Å². The number of hydrogen-bond donors (Lipinski definition) is 3. The Morgan fingerprint density at radius 3 is 2.62 bits per heavy atom. The maximum absolute atomic E-state index is 11.6. The van der Waals surface area contributed by atoms with Crippen LogP contribution < -0.4 is 10.6 Å². The summed E-state index contributed by atoms with van der Waals surface area (Å²) in [5.41, 5.74) is 1.03. The van der Waals surface area contributed by atoms with Crippen molar-refractivity contribution in [2.45, 2.75) is 52.6 Å². The van der Waals surface area contributed by atoms with Crippen molar-refractivity contribution in [3.8, 4) is 0 Å². The normalized spacial score (nSPS) is 14.0. The Hall–Kier alpha value is -1.14. The van der Waals surface area contributed by atoms with Gasteiger partial charge in [-0.1, -0.05) is 20.8 Å². The van der Waals surface area contributed by atoms with Crippen molar-refractivity contribution in [3.05, 3.63) is 16.1 Å². The molecule has 0 aromatic carbocycles. The molecule has 0 radical (unpaired) electrons. The van der Waals surface area contributed by atoms with Crippen molar-refractivity contribution in [3.63, 3.8) is 0 Å². The molecular weight excluding hydrogens is 286 g/mol. The van der Waals surface area contributed by atoms with Crippen LogP contribution in [-0.4, -0.2) is 35.3 Å². The van der Waals surface area contributed by atoms with Crippen LogP contribution in [0.25, 0.3) is 0 Å². The van der Waals surface area contributed by atoms with Crippen LogP contribution in [-0.2, 0) is 6.42 Å². The first-order valence-corrected chi connectivity index (χ1v) is 8.40. The minimum atomic E-state index is -0.329. The number of nitrogens with one attached hydrogen (secondary N) is 2. The summed E-state index contributed by atoms with van der Waals surface area (Å²) in [7, 11) is 0. The fraction of sp³-hybridized carbons (Fsp3) is 0.733. The molecule has 0 aliphatic heterocycles. The molecule has 5 nitrogen and oxygen atoms in total. The van der Waals surface area contributed by atoms with Gasteiger partial charge in [-0.2, -0.15) is 0 Å². The number of urea groups is 1. The van der Waals surface area contributed by atoms with Gasteiger partial charge in [-0.05, 0) is 19.3 Å². The lowest BCUT2D eigenvalue weighted by molar-refractivity contribution is 0.163. The topological polar surface area (TPSA) is 74.2 Å². The summed E-state index contributed by atoms with van der Waals surface area (Å²) in [5.74, 6) is 0.721. The summed E-state index contributed by atoms with van der Waals surface area (Å²) >= 11 is 1.67. The Balaban J connectivity index is 2.18. The number of nitrogens with zero attached hydrogens (tertiary/aromatic N) is 1. The SMILES string of the molecule is CC(O)CC(C)CNC(=O)NCCc1csc(C(C)C)n1. The molecule has 2 atom stereocenters. The number of carbonyl (C=O) groups excluding carboxylic acids is 1. The number of aliphatic hydroxyl groups excluding tert-OH is 1. The number of amides is 2. The van der Waals surface area contributed by atoms with E-state index in [0.717, 1.165) is 17.1 Å². The summed E-state index contributed by atoms with van der Waals surface area (Å²) in [6.45, 7) is 9.18. The second-order valence-corrected chi connectivity index (χ2v) is 6.80. The third kappa shape index (κ3) is 7.43. The number of carbonyl (C=O) groups is 1. The van der Waals surface area contributed by atoms with E-state index in [1.165, 1.54) is 0 Å². The van der Waals surface area contributed by atoms with Gasteiger partial charge in [0.25, 0.3) is 0 Å². The van der Waals surface area contributed by atoms with Crippen molar-refractivity contribution in [1.82, 2.24) is 15.6 Å². The largest absolute Gasteiger partial charge is 0.393 e. The third-order valence-electron chi connectivity index (χ3n) is 3.08. The highest BCUT2D eigenvalue weighted by Crippen LogP contribution is 2.19. The Bertz CT molecular complexity index is 432. The van der Waals surface area contributed by atoms with Crippen molar-refractivity contribution < 1.29 is 9.90 Å². The summed E-state index contributed by atoms with van der Waals surface area (Å²) < 4.78 is 0. The third-order valence-corrected chi connectivity index (χ3v) is 4.28. The zero-order valence-electron chi connectivity index (χ0n) is 13.3. The van der Waals surface area contributed by atoms with Gasteiger partial charge in [0.1, 0.15) is 0 Å². The zero-order chi connectivity index (χ0) is 15.8. The Morgan fingerprint density at radius 1 is 1.33 bits per heavy atom. The van der Waals surface area contributed by atoms with E-state index in [1.807, 2.05) is 6.92 Å². The minimum absolute atomic E-state index is 0.160. The quantitative estimate of drug-likeness (QED) is 0.690. The lowest BCUT2D eigenvalue weighted by atomic mass is 10.1. The molecule has 1 heterocycles. The fourth-order valence-electron chi connectivity index (χ4n) is 2.00. The van der Waals surface area contributed by atoms with E-state index in [1.54, 1.807) is 18.3 Å². The van der Waals surface area contributed by atoms with E-state index in [-0.39, 0.29) is 18.1 Å². The van der Waals surface area contributed by atoms with Gasteiger partial charge < -0.3 is 15.7 Å². The molecule has 0 saturated carbocycles. The lowest BCUT2D eigenvalue weighted by Gasteiger charge is -2.14. The highest BCUT2D eigenvalue weighted by Gasteiger charge is 2.09. The van der Waals surface area contributed by atoms with Gasteiger partial charge in [-0.25, -0.2) is 9.78 Å². The van der Waals surface area contributed by atoms with Gasteiger partial charge in [-0.3, -0.25) is 0 Å². The van der Waals surface area contributed by atoms with Crippen LogP contribution in [0.1, 0.15) is 50.7 Å². The van der Waals surface area contributed by atoms with Crippen molar-refractivity contribution in [2.75, 3.05) is 13.1 Å². The maximum atomic E-state index is 11.6. The van der Waals surface area contributed by atoms with Crippen LogP contribution in [0, 0.1) is 5.92 Å². The van der Waals surface area contributed by atoms with Crippen LogP contribution in [0.2, 0.25) is 0 Å². The molecule has 1 rings (SSSR count). The molecule has 1 aromatic heterocycles. The number of rotatable bonds is 8. The predicted molar refractivity (Wildman–Crippen MR) is 86.8 cm³/mol. The first kappa shape index (κ1) is 17.9. The molecule has 2 unspecified atom stereocenters. The molecule has 0 aliphatic carbocycles. The van der Waals surface area contributed by atoms with E-state index in [4.69, 9.17) is 0 Å². The van der Waals surface area contributed by atoms with E-state index in [2.05, 4.69) is 34.8 Å². The molecular formula is C15H27N3O2S. The minimum Gasteiger partial charge on any atom is -0.393 e. The predicted octanol–water partition coefficient (Wildman–Crippen LogP) is 2.52. The second-order valence-electron chi connectivity index (χ2n) is 5.91. The zero-order valence-corrected chi connectivity index (χ0v) is 14.2. The van der Waals surface area contributed by atoms with E-state index in [0.29, 0.717) is 25.4 Å². The molecule has 6 heteroatoms. The molecule has 0 bridgehead atoms. The lowest BCUT2D eigenvalue weighted by Crippen LogP contribution is -2.39. The number of aromatic nitrogens is 1. The first-order chi connectivity index (χ1) is 9.88. The Morgan fingerprint density at radius 2 is 2.05 bits per heavy atom. The van der Waals surface area contributed by atoms with E-state index in [9.17, 15) is 9.90 Å². The van der Waals surface area contributed by atoms with Gasteiger partial charge in [-0.15, -0.1) is 11.3 Å². The van der Waals surface area contributed by atoms with Gasteiger partial charge in [0.05, 0.1) is 16.8 Å². The van der Waals surface area contributed by atoms with Crippen LogP contribution in [0.3, 0.4) is 0 Å². The van der Waals surface area contributed by atoms with Crippen LogP contribution in [0.5, 0.6) is 0 Å². The summed E-state index contributed by atoms with van der Waals surface area (Å²) in [4.78, 5) is 16.2. The van der Waals surface area contributed by atoms with Gasteiger partial charge in [0.15, 0.2) is 0 Å². The van der Waals surface area contributed by atoms with Gasteiger partial charge >= 0.3 is 6.03 Å². The smallest absolute Gasteiger partial charge is 0.314 e. The molecule has 120 valence electrons. The molecule has 21 heavy (non-hydrogen) atoms. The molecule has 0 saturated heterocycles. The van der Waals surface area contributed by atoms with E-state index < -0.39 is 0 Å². The van der Waals surface area contributed by atoms with Crippen LogP contribution in [0.4, 0.5) is 4.79 Å².